The third-order valence-electron chi connectivity index (χ3n) is 3.37. The van der Waals surface area contributed by atoms with E-state index in [0.29, 0.717) is 25.4 Å². The number of benzene rings is 2. The molecule has 0 bridgehead atoms. The number of hydrogen-bond acceptors (Lipinski definition) is 4. The molecular weight excluding hydrogens is 304 g/mol. The van der Waals surface area contributed by atoms with Crippen LogP contribution in [0.5, 0.6) is 11.5 Å². The van der Waals surface area contributed by atoms with E-state index in [4.69, 9.17) is 14.2 Å². The van der Waals surface area contributed by atoms with Crippen molar-refractivity contribution in [3.05, 3.63) is 48.0 Å². The molecule has 0 unspecified atom stereocenters. The van der Waals surface area contributed by atoms with Crippen LogP contribution in [-0.2, 0) is 4.74 Å². The molecule has 0 saturated carbocycles. The van der Waals surface area contributed by atoms with Crippen molar-refractivity contribution in [2.45, 2.75) is 26.9 Å². The molecule has 0 aromatic heterocycles. The van der Waals surface area contributed by atoms with Crippen molar-refractivity contribution >= 4 is 6.29 Å². The molecule has 2 rings (SSSR count). The number of rotatable bonds is 9. The lowest BCUT2D eigenvalue weighted by atomic mass is 10.0. The van der Waals surface area contributed by atoms with Crippen LogP contribution in [0.15, 0.2) is 42.5 Å². The minimum absolute atomic E-state index is 0.0620. The summed E-state index contributed by atoms with van der Waals surface area (Å²) in [5.41, 5.74) is 2.50. The smallest absolute Gasteiger partial charge is 0.150 e. The Balaban J connectivity index is 2.18. The lowest BCUT2D eigenvalue weighted by molar-refractivity contribution is 0.110. The Morgan fingerprint density at radius 1 is 1.04 bits per heavy atom. The van der Waals surface area contributed by atoms with Crippen LogP contribution in [0.1, 0.15) is 31.1 Å². The zero-order valence-electron chi connectivity index (χ0n) is 14.5. The summed E-state index contributed by atoms with van der Waals surface area (Å²) in [6.45, 7) is 7.70. The maximum absolute atomic E-state index is 11.1. The maximum atomic E-state index is 11.1. The van der Waals surface area contributed by atoms with E-state index < -0.39 is 0 Å². The van der Waals surface area contributed by atoms with Gasteiger partial charge in [-0.05, 0) is 56.7 Å². The fourth-order valence-electron chi connectivity index (χ4n) is 2.30. The molecule has 24 heavy (non-hydrogen) atoms. The lowest BCUT2D eigenvalue weighted by Crippen LogP contribution is -2.07. The maximum Gasteiger partial charge on any atom is 0.150 e. The molecule has 4 heteroatoms. The summed E-state index contributed by atoms with van der Waals surface area (Å²) in [7, 11) is 0. The van der Waals surface area contributed by atoms with Gasteiger partial charge in [0.05, 0.1) is 12.7 Å². The van der Waals surface area contributed by atoms with E-state index in [-0.39, 0.29) is 6.10 Å². The molecule has 0 saturated heterocycles. The predicted molar refractivity (Wildman–Crippen MR) is 95.0 cm³/mol. The van der Waals surface area contributed by atoms with Gasteiger partial charge >= 0.3 is 0 Å². The highest BCUT2D eigenvalue weighted by Gasteiger charge is 2.10. The van der Waals surface area contributed by atoms with Crippen molar-refractivity contribution in [2.75, 3.05) is 19.8 Å². The van der Waals surface area contributed by atoms with Crippen LogP contribution in [0.2, 0.25) is 0 Å². The summed E-state index contributed by atoms with van der Waals surface area (Å²) < 4.78 is 16.7. The van der Waals surface area contributed by atoms with Gasteiger partial charge in [0.25, 0.3) is 0 Å². The van der Waals surface area contributed by atoms with Gasteiger partial charge < -0.3 is 14.2 Å². The SMILES string of the molecule is CCOCCOc1ccc(-c2cc(C=O)ccc2OC(C)C)cc1. The first-order valence-corrected chi connectivity index (χ1v) is 8.21. The van der Waals surface area contributed by atoms with E-state index in [1.165, 1.54) is 0 Å². The number of ether oxygens (including phenoxy) is 3. The van der Waals surface area contributed by atoms with E-state index in [0.717, 1.165) is 28.9 Å². The van der Waals surface area contributed by atoms with Crippen LogP contribution in [0, 0.1) is 0 Å². The third-order valence-corrected chi connectivity index (χ3v) is 3.37. The molecule has 2 aromatic carbocycles. The summed E-state index contributed by atoms with van der Waals surface area (Å²) in [4.78, 5) is 11.1. The minimum Gasteiger partial charge on any atom is -0.491 e. The van der Waals surface area contributed by atoms with Crippen molar-refractivity contribution in [2.24, 2.45) is 0 Å². The fourth-order valence-corrected chi connectivity index (χ4v) is 2.30. The third kappa shape index (κ3) is 5.10. The first-order chi connectivity index (χ1) is 11.6. The Bertz CT molecular complexity index is 647. The Morgan fingerprint density at radius 2 is 1.79 bits per heavy atom. The quantitative estimate of drug-likeness (QED) is 0.506. The second kappa shape index (κ2) is 9.08. The highest BCUT2D eigenvalue weighted by molar-refractivity contribution is 5.81. The van der Waals surface area contributed by atoms with E-state index in [1.807, 2.05) is 57.2 Å². The monoisotopic (exact) mass is 328 g/mol. The summed E-state index contributed by atoms with van der Waals surface area (Å²) in [6, 6.07) is 13.2. The molecule has 128 valence electrons. The van der Waals surface area contributed by atoms with E-state index in [9.17, 15) is 4.79 Å². The van der Waals surface area contributed by atoms with Gasteiger partial charge in [0.1, 0.15) is 24.4 Å². The average molecular weight is 328 g/mol. The van der Waals surface area contributed by atoms with Crippen molar-refractivity contribution in [3.8, 4) is 22.6 Å². The second-order valence-corrected chi connectivity index (χ2v) is 5.61. The molecule has 0 spiro atoms. The van der Waals surface area contributed by atoms with Crippen LogP contribution < -0.4 is 9.47 Å². The Hall–Kier alpha value is -2.33. The molecule has 0 fully saturated rings. The van der Waals surface area contributed by atoms with E-state index in [1.54, 1.807) is 6.07 Å². The van der Waals surface area contributed by atoms with Crippen molar-refractivity contribution in [1.29, 1.82) is 0 Å². The molecular formula is C20H24O4. The van der Waals surface area contributed by atoms with Crippen molar-refractivity contribution in [1.82, 2.24) is 0 Å². The molecule has 0 heterocycles. The van der Waals surface area contributed by atoms with E-state index >= 15 is 0 Å². The van der Waals surface area contributed by atoms with Crippen LogP contribution >= 0.6 is 0 Å². The molecule has 4 nitrogen and oxygen atoms in total. The number of aldehydes is 1. The predicted octanol–water partition coefficient (Wildman–Crippen LogP) is 4.37. The highest BCUT2D eigenvalue weighted by Crippen LogP contribution is 2.32. The summed E-state index contributed by atoms with van der Waals surface area (Å²) >= 11 is 0. The van der Waals surface area contributed by atoms with Crippen LogP contribution in [0.25, 0.3) is 11.1 Å². The second-order valence-electron chi connectivity index (χ2n) is 5.61. The Kier molecular flexibility index (Phi) is 6.82. The van der Waals surface area contributed by atoms with Gasteiger partial charge in [0.2, 0.25) is 0 Å². The normalized spacial score (nSPS) is 10.7. The Morgan fingerprint density at radius 3 is 2.42 bits per heavy atom. The molecule has 2 aromatic rings. The van der Waals surface area contributed by atoms with Gasteiger partial charge in [-0.2, -0.15) is 0 Å². The van der Waals surface area contributed by atoms with E-state index in [2.05, 4.69) is 0 Å². The summed E-state index contributed by atoms with van der Waals surface area (Å²) in [5, 5.41) is 0. The first kappa shape index (κ1) is 18.0. The largest absolute Gasteiger partial charge is 0.491 e. The lowest BCUT2D eigenvalue weighted by Gasteiger charge is -2.15. The summed E-state index contributed by atoms with van der Waals surface area (Å²) in [5.74, 6) is 1.55. The molecule has 0 aliphatic rings. The Labute approximate surface area is 143 Å². The van der Waals surface area contributed by atoms with Gasteiger partial charge in [-0.15, -0.1) is 0 Å². The van der Waals surface area contributed by atoms with Crippen molar-refractivity contribution in [3.63, 3.8) is 0 Å². The van der Waals surface area contributed by atoms with Crippen LogP contribution in [0.3, 0.4) is 0 Å². The van der Waals surface area contributed by atoms with Gasteiger partial charge in [0.15, 0.2) is 0 Å². The molecule has 0 amide bonds. The molecule has 0 radical (unpaired) electrons. The zero-order valence-corrected chi connectivity index (χ0v) is 14.5. The van der Waals surface area contributed by atoms with Gasteiger partial charge in [-0.25, -0.2) is 0 Å². The van der Waals surface area contributed by atoms with Gasteiger partial charge in [-0.1, -0.05) is 12.1 Å². The minimum atomic E-state index is 0.0620. The standard InChI is InChI=1S/C20H24O4/c1-4-22-11-12-23-18-8-6-17(7-9-18)19-13-16(14-21)5-10-20(19)24-15(2)3/h5-10,13-15H,4,11-12H2,1-3H3. The van der Waals surface area contributed by atoms with Crippen LogP contribution in [-0.4, -0.2) is 32.2 Å². The van der Waals surface area contributed by atoms with Crippen LogP contribution in [0.4, 0.5) is 0 Å². The number of carbonyl (C=O) groups is 1. The first-order valence-electron chi connectivity index (χ1n) is 8.21. The van der Waals surface area contributed by atoms with Crippen molar-refractivity contribution < 1.29 is 19.0 Å². The summed E-state index contributed by atoms with van der Waals surface area (Å²) in [6.07, 6.45) is 0.903. The highest BCUT2D eigenvalue weighted by atomic mass is 16.5. The molecule has 0 N–H and O–H groups in total. The number of carbonyl (C=O) groups excluding carboxylic acids is 1. The van der Waals surface area contributed by atoms with Gasteiger partial charge in [-0.3, -0.25) is 4.79 Å². The molecule has 0 aliphatic heterocycles. The zero-order chi connectivity index (χ0) is 17.4. The molecule has 0 atom stereocenters. The average Bonchev–Trinajstić information content (AvgIpc) is 2.59. The molecule has 0 aliphatic carbocycles. The fraction of sp³-hybridized carbons (Fsp3) is 0.350. The topological polar surface area (TPSA) is 44.8 Å². The number of hydrogen-bond donors (Lipinski definition) is 0. The van der Waals surface area contributed by atoms with Gasteiger partial charge in [0, 0.05) is 17.7 Å².